The van der Waals surface area contributed by atoms with Gasteiger partial charge in [0.15, 0.2) is 4.80 Å². The summed E-state index contributed by atoms with van der Waals surface area (Å²) in [4.78, 5) is 32.6. The molecule has 1 atom stereocenters. The standard InChI is InChI=1S/C32H26N2O4S/c1-4-38-31(36)28-19(2)33-32-34(29(28)24-15-9-10-16-26(24)37-3)30(35)27(39-32)18-25-22-13-7-5-11-20(22)17-21-12-6-8-14-23(21)25/h5-18,29H,4H2,1-3H3/b27-18-/t29-/m1/s1. The zero-order valence-electron chi connectivity index (χ0n) is 21.8. The van der Waals surface area contributed by atoms with Crippen LogP contribution in [0.1, 0.15) is 31.0 Å². The summed E-state index contributed by atoms with van der Waals surface area (Å²) in [6.45, 7) is 3.76. The Balaban J connectivity index is 1.66. The molecule has 4 aromatic carbocycles. The van der Waals surface area contributed by atoms with E-state index in [4.69, 9.17) is 14.5 Å². The lowest BCUT2D eigenvalue weighted by Gasteiger charge is -2.25. The summed E-state index contributed by atoms with van der Waals surface area (Å²) in [7, 11) is 1.58. The lowest BCUT2D eigenvalue weighted by atomic mass is 9.95. The maximum atomic E-state index is 14.2. The summed E-state index contributed by atoms with van der Waals surface area (Å²) in [5.74, 6) is 0.0811. The van der Waals surface area contributed by atoms with Crippen LogP contribution in [0.3, 0.4) is 0 Å². The van der Waals surface area contributed by atoms with Crippen molar-refractivity contribution in [2.24, 2.45) is 4.99 Å². The Labute approximate surface area is 228 Å². The molecule has 2 heterocycles. The lowest BCUT2D eigenvalue weighted by molar-refractivity contribution is -0.139. The average molecular weight is 535 g/mol. The minimum Gasteiger partial charge on any atom is -0.496 e. The maximum absolute atomic E-state index is 14.2. The molecule has 0 saturated carbocycles. The Morgan fingerprint density at radius 3 is 2.31 bits per heavy atom. The third kappa shape index (κ3) is 4.15. The zero-order valence-corrected chi connectivity index (χ0v) is 22.6. The molecule has 6 nitrogen and oxygen atoms in total. The van der Waals surface area contributed by atoms with Gasteiger partial charge in [0.05, 0.1) is 29.5 Å². The molecule has 6 rings (SSSR count). The number of hydrogen-bond donors (Lipinski definition) is 0. The van der Waals surface area contributed by atoms with Crippen molar-refractivity contribution >= 4 is 44.9 Å². The fourth-order valence-electron chi connectivity index (χ4n) is 5.31. The van der Waals surface area contributed by atoms with Crippen molar-refractivity contribution in [2.75, 3.05) is 13.7 Å². The minimum atomic E-state index is -0.733. The molecule has 194 valence electrons. The van der Waals surface area contributed by atoms with Gasteiger partial charge in [-0.3, -0.25) is 9.36 Å². The lowest BCUT2D eigenvalue weighted by Crippen LogP contribution is -2.40. The van der Waals surface area contributed by atoms with Gasteiger partial charge in [-0.05, 0) is 59.2 Å². The molecule has 0 N–H and O–H groups in total. The summed E-state index contributed by atoms with van der Waals surface area (Å²) < 4.78 is 13.2. The molecule has 0 amide bonds. The second-order valence-corrected chi connectivity index (χ2v) is 10.3. The molecule has 0 bridgehead atoms. The van der Waals surface area contributed by atoms with E-state index in [1.165, 1.54) is 11.3 Å². The van der Waals surface area contributed by atoms with Crippen molar-refractivity contribution in [3.8, 4) is 5.75 Å². The molecule has 0 aliphatic carbocycles. The molecule has 1 aromatic heterocycles. The topological polar surface area (TPSA) is 69.9 Å². The van der Waals surface area contributed by atoms with E-state index in [0.717, 1.165) is 27.1 Å². The summed E-state index contributed by atoms with van der Waals surface area (Å²) in [6.07, 6.45) is 1.96. The average Bonchev–Trinajstić information content (AvgIpc) is 3.26. The quantitative estimate of drug-likeness (QED) is 0.232. The van der Waals surface area contributed by atoms with Crippen molar-refractivity contribution in [1.82, 2.24) is 4.57 Å². The molecular weight excluding hydrogens is 508 g/mol. The van der Waals surface area contributed by atoms with Crippen LogP contribution >= 0.6 is 11.3 Å². The number of aromatic nitrogens is 1. The van der Waals surface area contributed by atoms with Gasteiger partial charge < -0.3 is 9.47 Å². The number of nitrogens with zero attached hydrogens (tertiary/aromatic N) is 2. The number of methoxy groups -OCH3 is 1. The molecule has 0 unspecified atom stereocenters. The smallest absolute Gasteiger partial charge is 0.338 e. The maximum Gasteiger partial charge on any atom is 0.338 e. The van der Waals surface area contributed by atoms with Crippen molar-refractivity contribution in [2.45, 2.75) is 19.9 Å². The van der Waals surface area contributed by atoms with E-state index in [-0.39, 0.29) is 12.2 Å². The molecule has 5 aromatic rings. The molecule has 1 aliphatic heterocycles. The number of fused-ring (bicyclic) bond motifs is 3. The van der Waals surface area contributed by atoms with Crippen LogP contribution in [-0.4, -0.2) is 24.3 Å². The Morgan fingerprint density at radius 1 is 1.00 bits per heavy atom. The molecular formula is C32H26N2O4S. The van der Waals surface area contributed by atoms with Crippen LogP contribution in [0.15, 0.2) is 99.9 Å². The van der Waals surface area contributed by atoms with Gasteiger partial charge in [0.2, 0.25) is 0 Å². The van der Waals surface area contributed by atoms with Crippen LogP contribution < -0.4 is 19.6 Å². The van der Waals surface area contributed by atoms with E-state index in [1.807, 2.05) is 54.6 Å². The van der Waals surface area contributed by atoms with Gasteiger partial charge in [0.25, 0.3) is 5.56 Å². The van der Waals surface area contributed by atoms with Crippen molar-refractivity contribution in [1.29, 1.82) is 0 Å². The zero-order chi connectivity index (χ0) is 27.1. The van der Waals surface area contributed by atoms with E-state index >= 15 is 0 Å². The third-order valence-electron chi connectivity index (χ3n) is 7.04. The van der Waals surface area contributed by atoms with Crippen molar-refractivity contribution in [3.05, 3.63) is 121 Å². The Kier molecular flexibility index (Phi) is 6.37. The van der Waals surface area contributed by atoms with Gasteiger partial charge in [-0.2, -0.15) is 0 Å². The molecule has 7 heteroatoms. The number of carbonyl (C=O) groups excluding carboxylic acids is 1. The minimum absolute atomic E-state index is 0.215. The first kappa shape index (κ1) is 24.8. The van der Waals surface area contributed by atoms with Gasteiger partial charge in [-0.25, -0.2) is 9.79 Å². The van der Waals surface area contributed by atoms with Crippen LogP contribution in [-0.2, 0) is 9.53 Å². The molecule has 1 aliphatic rings. The molecule has 0 radical (unpaired) electrons. The largest absolute Gasteiger partial charge is 0.496 e. The monoisotopic (exact) mass is 534 g/mol. The SMILES string of the molecule is CCOC(=O)C1=C(C)N=c2s/c(=C\c3c4ccccc4cc4ccccc34)c(=O)n2[C@@H]1c1ccccc1OC. The second kappa shape index (κ2) is 10.0. The molecule has 0 fully saturated rings. The van der Waals surface area contributed by atoms with Crippen LogP contribution in [0.25, 0.3) is 27.6 Å². The van der Waals surface area contributed by atoms with E-state index in [9.17, 15) is 9.59 Å². The first-order chi connectivity index (χ1) is 19.0. The summed E-state index contributed by atoms with van der Waals surface area (Å²) in [5.41, 5.74) is 2.30. The first-order valence-electron chi connectivity index (χ1n) is 12.7. The van der Waals surface area contributed by atoms with Gasteiger partial charge in [0.1, 0.15) is 11.8 Å². The van der Waals surface area contributed by atoms with Crippen molar-refractivity contribution in [3.63, 3.8) is 0 Å². The van der Waals surface area contributed by atoms with Crippen LogP contribution in [0.5, 0.6) is 5.75 Å². The summed E-state index contributed by atoms with van der Waals surface area (Å²) in [5, 5.41) is 4.32. The highest BCUT2D eigenvalue weighted by atomic mass is 32.1. The number of esters is 1. The highest BCUT2D eigenvalue weighted by Gasteiger charge is 2.35. The number of allylic oxidation sites excluding steroid dienone is 1. The van der Waals surface area contributed by atoms with Crippen LogP contribution in [0.2, 0.25) is 0 Å². The second-order valence-electron chi connectivity index (χ2n) is 9.28. The predicted octanol–water partition coefficient (Wildman–Crippen LogP) is 5.11. The van der Waals surface area contributed by atoms with Gasteiger partial charge in [-0.15, -0.1) is 0 Å². The van der Waals surface area contributed by atoms with Gasteiger partial charge in [-0.1, -0.05) is 78.1 Å². The number of carbonyl (C=O) groups is 1. The first-order valence-corrected chi connectivity index (χ1v) is 13.6. The number of rotatable bonds is 5. The highest BCUT2D eigenvalue weighted by molar-refractivity contribution is 7.07. The van der Waals surface area contributed by atoms with Gasteiger partial charge >= 0.3 is 5.97 Å². The number of thiazole rings is 1. The summed E-state index contributed by atoms with van der Waals surface area (Å²) >= 11 is 1.32. The van der Waals surface area contributed by atoms with Crippen molar-refractivity contribution < 1.29 is 14.3 Å². The number of hydrogen-bond acceptors (Lipinski definition) is 6. The molecule has 0 spiro atoms. The highest BCUT2D eigenvalue weighted by Crippen LogP contribution is 2.36. The Bertz CT molecular complexity index is 1930. The third-order valence-corrected chi connectivity index (χ3v) is 8.02. The van der Waals surface area contributed by atoms with E-state index < -0.39 is 12.0 Å². The molecule has 0 saturated heterocycles. The number of para-hydroxylation sites is 1. The van der Waals surface area contributed by atoms with E-state index in [1.54, 1.807) is 25.5 Å². The van der Waals surface area contributed by atoms with Crippen LogP contribution in [0.4, 0.5) is 0 Å². The molecule has 39 heavy (non-hydrogen) atoms. The summed E-state index contributed by atoms with van der Waals surface area (Å²) in [6, 6.07) is 25.2. The normalized spacial score (nSPS) is 15.4. The van der Waals surface area contributed by atoms with Crippen LogP contribution in [0, 0.1) is 0 Å². The Hall–Kier alpha value is -4.49. The van der Waals surface area contributed by atoms with Gasteiger partial charge in [0, 0.05) is 5.56 Å². The van der Waals surface area contributed by atoms with E-state index in [0.29, 0.717) is 31.9 Å². The fourth-order valence-corrected chi connectivity index (χ4v) is 6.34. The number of ether oxygens (including phenoxy) is 2. The number of benzene rings is 4. The van der Waals surface area contributed by atoms with E-state index in [2.05, 4.69) is 30.3 Å². The fraction of sp³-hybridized carbons (Fsp3) is 0.156. The predicted molar refractivity (Wildman–Crippen MR) is 155 cm³/mol. The Morgan fingerprint density at radius 2 is 1.64 bits per heavy atom.